The van der Waals surface area contributed by atoms with Crippen LogP contribution >= 0.6 is 0 Å². The Morgan fingerprint density at radius 2 is 1.79 bits per heavy atom. The molecule has 7 nitrogen and oxygen atoms in total. The molecule has 0 fully saturated rings. The summed E-state index contributed by atoms with van der Waals surface area (Å²) in [6.45, 7) is 0.645. The monoisotopic (exact) mass is 389 g/mol. The molecule has 0 aliphatic carbocycles. The van der Waals surface area contributed by atoms with Crippen molar-refractivity contribution in [2.45, 2.75) is 6.54 Å². The van der Waals surface area contributed by atoms with Gasteiger partial charge >= 0.3 is 5.97 Å². The van der Waals surface area contributed by atoms with Crippen molar-refractivity contribution >= 4 is 17.9 Å². The molecular formula is C22H19N3O4. The maximum absolute atomic E-state index is 12.3. The predicted molar refractivity (Wildman–Crippen MR) is 108 cm³/mol. The van der Waals surface area contributed by atoms with E-state index in [-0.39, 0.29) is 11.6 Å². The summed E-state index contributed by atoms with van der Waals surface area (Å²) >= 11 is 0. The highest BCUT2D eigenvalue weighted by atomic mass is 16.6. The van der Waals surface area contributed by atoms with Gasteiger partial charge in [-0.3, -0.25) is 4.68 Å². The van der Waals surface area contributed by atoms with Crippen LogP contribution in [-0.2, 0) is 16.1 Å². The van der Waals surface area contributed by atoms with Crippen molar-refractivity contribution in [3.63, 3.8) is 0 Å². The Kier molecular flexibility index (Phi) is 5.11. The average molecular weight is 389 g/mol. The maximum atomic E-state index is 12.3. The van der Waals surface area contributed by atoms with Gasteiger partial charge in [-0.2, -0.15) is 5.10 Å². The number of aliphatic imine (C=N–C) groups is 1. The number of benzene rings is 2. The summed E-state index contributed by atoms with van der Waals surface area (Å²) in [4.78, 5) is 16.6. The minimum atomic E-state index is -0.516. The van der Waals surface area contributed by atoms with E-state index in [9.17, 15) is 4.79 Å². The molecule has 0 atom stereocenters. The first-order valence-electron chi connectivity index (χ1n) is 8.97. The number of nitrogens with zero attached hydrogens (tertiary/aromatic N) is 3. The fourth-order valence-corrected chi connectivity index (χ4v) is 2.93. The van der Waals surface area contributed by atoms with Crippen molar-refractivity contribution in [3.05, 3.63) is 83.3 Å². The van der Waals surface area contributed by atoms with Gasteiger partial charge in [0.2, 0.25) is 5.90 Å². The highest BCUT2D eigenvalue weighted by Crippen LogP contribution is 2.26. The van der Waals surface area contributed by atoms with Gasteiger partial charge in [0.15, 0.2) is 5.70 Å². The van der Waals surface area contributed by atoms with Crippen molar-refractivity contribution < 1.29 is 19.0 Å². The van der Waals surface area contributed by atoms with Gasteiger partial charge in [-0.25, -0.2) is 9.79 Å². The topological polar surface area (TPSA) is 74.9 Å². The third-order valence-corrected chi connectivity index (χ3v) is 4.36. The molecule has 0 spiro atoms. The number of ether oxygens (including phenoxy) is 3. The van der Waals surface area contributed by atoms with Crippen molar-refractivity contribution in [2.24, 2.45) is 4.99 Å². The van der Waals surface area contributed by atoms with E-state index in [1.165, 1.54) is 0 Å². The summed E-state index contributed by atoms with van der Waals surface area (Å²) in [5, 5.41) is 4.34. The fourth-order valence-electron chi connectivity index (χ4n) is 2.93. The summed E-state index contributed by atoms with van der Waals surface area (Å²) < 4.78 is 17.7. The molecule has 0 N–H and O–H groups in total. The van der Waals surface area contributed by atoms with Crippen molar-refractivity contribution in [2.75, 3.05) is 14.2 Å². The van der Waals surface area contributed by atoms with E-state index < -0.39 is 5.97 Å². The van der Waals surface area contributed by atoms with Crippen LogP contribution in [0.15, 0.2) is 71.6 Å². The largest absolute Gasteiger partial charge is 0.497 e. The molecule has 1 aliphatic rings. The zero-order chi connectivity index (χ0) is 20.2. The fraction of sp³-hybridized carbons (Fsp3) is 0.136. The number of methoxy groups -OCH3 is 2. The van der Waals surface area contributed by atoms with Gasteiger partial charge in [0, 0.05) is 23.4 Å². The van der Waals surface area contributed by atoms with Gasteiger partial charge in [0.25, 0.3) is 0 Å². The van der Waals surface area contributed by atoms with E-state index in [1.54, 1.807) is 49.4 Å². The smallest absolute Gasteiger partial charge is 0.363 e. The van der Waals surface area contributed by atoms with Gasteiger partial charge in [-0.1, -0.05) is 30.3 Å². The predicted octanol–water partition coefficient (Wildman–Crippen LogP) is 3.29. The molecule has 4 rings (SSSR count). The summed E-state index contributed by atoms with van der Waals surface area (Å²) in [7, 11) is 3.11. The molecule has 2 aromatic carbocycles. The molecule has 0 saturated heterocycles. The van der Waals surface area contributed by atoms with Crippen LogP contribution in [0.5, 0.6) is 11.5 Å². The van der Waals surface area contributed by atoms with Crippen LogP contribution in [0.1, 0.15) is 16.7 Å². The Morgan fingerprint density at radius 1 is 1.07 bits per heavy atom. The molecule has 146 valence electrons. The number of esters is 1. The molecule has 0 amide bonds. The van der Waals surface area contributed by atoms with Crippen LogP contribution in [0.2, 0.25) is 0 Å². The van der Waals surface area contributed by atoms with Crippen LogP contribution in [-0.4, -0.2) is 35.9 Å². The Bertz CT molecular complexity index is 1080. The average Bonchev–Trinajstić information content (AvgIpc) is 3.35. The Hall–Kier alpha value is -3.87. The standard InChI is InChI=1S/C22H19N3O4/c1-27-18-9-17(10-19(11-18)28-2)21-24-20(22(26)29-21)8-16-12-23-25(14-16)13-15-6-4-3-5-7-15/h3-12,14H,13H2,1-2H3/b20-8-. The molecular weight excluding hydrogens is 370 g/mol. The third kappa shape index (κ3) is 4.19. The van der Waals surface area contributed by atoms with Crippen LogP contribution < -0.4 is 9.47 Å². The molecule has 0 bridgehead atoms. The summed E-state index contributed by atoms with van der Waals surface area (Å²) in [6.07, 6.45) is 5.20. The summed E-state index contributed by atoms with van der Waals surface area (Å²) in [5.41, 5.74) is 2.71. The van der Waals surface area contributed by atoms with E-state index in [0.29, 0.717) is 23.6 Å². The first-order valence-corrected chi connectivity index (χ1v) is 8.97. The van der Waals surface area contributed by atoms with Crippen molar-refractivity contribution in [1.29, 1.82) is 0 Å². The second kappa shape index (κ2) is 8.02. The lowest BCUT2D eigenvalue weighted by atomic mass is 10.2. The van der Waals surface area contributed by atoms with Gasteiger partial charge in [0.05, 0.1) is 27.0 Å². The molecule has 7 heteroatoms. The lowest BCUT2D eigenvalue weighted by Gasteiger charge is -2.07. The number of rotatable bonds is 6. The Balaban J connectivity index is 1.57. The van der Waals surface area contributed by atoms with Crippen molar-refractivity contribution in [3.8, 4) is 11.5 Å². The SMILES string of the molecule is COc1cc(OC)cc(C2=N/C(=C\c3cnn(Cc4ccccc4)c3)C(=O)O2)c1. The second-order valence-electron chi connectivity index (χ2n) is 6.39. The zero-order valence-electron chi connectivity index (χ0n) is 16.0. The minimum Gasteiger partial charge on any atom is -0.497 e. The van der Waals surface area contributed by atoms with Gasteiger partial charge in [-0.05, 0) is 23.8 Å². The Morgan fingerprint density at radius 3 is 2.48 bits per heavy atom. The summed E-state index contributed by atoms with van der Waals surface area (Å²) in [5.74, 6) is 0.850. The summed E-state index contributed by atoms with van der Waals surface area (Å²) in [6, 6.07) is 15.2. The number of hydrogen-bond donors (Lipinski definition) is 0. The quantitative estimate of drug-likeness (QED) is 0.478. The molecule has 1 aliphatic heterocycles. The number of carbonyl (C=O) groups is 1. The third-order valence-electron chi connectivity index (χ3n) is 4.36. The number of aromatic nitrogens is 2. The van der Waals surface area contributed by atoms with Crippen molar-refractivity contribution in [1.82, 2.24) is 9.78 Å². The molecule has 0 radical (unpaired) electrons. The van der Waals surface area contributed by atoms with Gasteiger partial charge in [0.1, 0.15) is 11.5 Å². The Labute approximate surface area is 167 Å². The molecule has 3 aromatic rings. The number of cyclic esters (lactones) is 1. The van der Waals surface area contributed by atoms with E-state index in [1.807, 2.05) is 36.5 Å². The second-order valence-corrected chi connectivity index (χ2v) is 6.39. The van der Waals surface area contributed by atoms with Crippen LogP contribution in [0.4, 0.5) is 0 Å². The number of carbonyl (C=O) groups excluding carboxylic acids is 1. The molecule has 0 unspecified atom stereocenters. The van der Waals surface area contributed by atoms with E-state index in [4.69, 9.17) is 14.2 Å². The van der Waals surface area contributed by atoms with Crippen LogP contribution in [0.3, 0.4) is 0 Å². The number of hydrogen-bond acceptors (Lipinski definition) is 6. The first kappa shape index (κ1) is 18.5. The molecule has 1 aromatic heterocycles. The highest BCUT2D eigenvalue weighted by molar-refractivity contribution is 6.13. The van der Waals surface area contributed by atoms with E-state index in [2.05, 4.69) is 10.1 Å². The highest BCUT2D eigenvalue weighted by Gasteiger charge is 2.25. The lowest BCUT2D eigenvalue weighted by molar-refractivity contribution is -0.129. The lowest BCUT2D eigenvalue weighted by Crippen LogP contribution is -2.06. The van der Waals surface area contributed by atoms with E-state index >= 15 is 0 Å². The molecule has 0 saturated carbocycles. The maximum Gasteiger partial charge on any atom is 0.363 e. The van der Waals surface area contributed by atoms with Gasteiger partial charge in [-0.15, -0.1) is 0 Å². The van der Waals surface area contributed by atoms with Gasteiger partial charge < -0.3 is 14.2 Å². The first-order chi connectivity index (χ1) is 14.1. The minimum absolute atomic E-state index is 0.204. The van der Waals surface area contributed by atoms with E-state index in [0.717, 1.165) is 11.1 Å². The van der Waals surface area contributed by atoms with Crippen LogP contribution in [0, 0.1) is 0 Å². The van der Waals surface area contributed by atoms with Crippen LogP contribution in [0.25, 0.3) is 6.08 Å². The molecule has 29 heavy (non-hydrogen) atoms. The molecule has 2 heterocycles. The zero-order valence-corrected chi connectivity index (χ0v) is 16.0. The normalized spacial score (nSPS) is 14.6.